The highest BCUT2D eigenvalue weighted by Gasteiger charge is 2.34. The number of carboxylic acids is 1. The Morgan fingerprint density at radius 2 is 2.25 bits per heavy atom. The first-order chi connectivity index (χ1) is 9.50. The Morgan fingerprint density at radius 3 is 2.85 bits per heavy atom. The lowest BCUT2D eigenvalue weighted by Gasteiger charge is -2.37. The van der Waals surface area contributed by atoms with E-state index in [1.54, 1.807) is 17.9 Å². The van der Waals surface area contributed by atoms with E-state index in [1.807, 2.05) is 0 Å². The van der Waals surface area contributed by atoms with E-state index in [2.05, 4.69) is 15.4 Å². The summed E-state index contributed by atoms with van der Waals surface area (Å²) in [4.78, 5) is 15.4. The molecule has 0 spiro atoms. The average molecular weight is 276 g/mol. The molecule has 7 nitrogen and oxygen atoms in total. The molecule has 2 aromatic heterocycles. The molecule has 0 bridgehead atoms. The Balaban J connectivity index is 2.00. The quantitative estimate of drug-likeness (QED) is 0.770. The maximum Gasteiger partial charge on any atom is 0.339 e. The zero-order valence-corrected chi connectivity index (χ0v) is 11.1. The van der Waals surface area contributed by atoms with Gasteiger partial charge in [0.25, 0.3) is 0 Å². The number of aromatic carboxylic acids is 1. The van der Waals surface area contributed by atoms with E-state index in [0.717, 1.165) is 19.3 Å². The second kappa shape index (κ2) is 4.45. The first kappa shape index (κ1) is 12.9. The highest BCUT2D eigenvalue weighted by atomic mass is 16.4. The predicted molar refractivity (Wildman–Crippen MR) is 72.8 cm³/mol. The van der Waals surface area contributed by atoms with Crippen LogP contribution in [0.2, 0.25) is 0 Å². The fourth-order valence-electron chi connectivity index (χ4n) is 2.46. The van der Waals surface area contributed by atoms with Gasteiger partial charge in [-0.1, -0.05) is 0 Å². The van der Waals surface area contributed by atoms with Gasteiger partial charge >= 0.3 is 5.97 Å². The molecule has 0 atom stereocenters. The number of rotatable bonds is 4. The third kappa shape index (κ3) is 2.00. The molecule has 20 heavy (non-hydrogen) atoms. The lowest BCUT2D eigenvalue weighted by Crippen LogP contribution is -2.43. The number of aliphatic hydroxyl groups is 1. The van der Waals surface area contributed by atoms with E-state index in [4.69, 9.17) is 0 Å². The van der Waals surface area contributed by atoms with Gasteiger partial charge in [0, 0.05) is 19.8 Å². The number of carbonyl (C=O) groups is 1. The fourth-order valence-corrected chi connectivity index (χ4v) is 2.46. The highest BCUT2D eigenvalue weighted by Crippen LogP contribution is 2.33. The summed E-state index contributed by atoms with van der Waals surface area (Å²) in [6, 6.07) is 0. The Hall–Kier alpha value is -2.15. The van der Waals surface area contributed by atoms with Crippen LogP contribution < -0.4 is 5.32 Å². The standard InChI is InChI=1S/C13H16N4O3/c1-17-11-8(6-16-17)10(9(5-14-11)12(18)19)15-7-13(20)3-2-4-13/h5-6,20H,2-4,7H2,1H3,(H,14,15)(H,18,19). The second-order valence-electron chi connectivity index (χ2n) is 5.29. The third-order valence-corrected chi connectivity index (χ3v) is 3.87. The topological polar surface area (TPSA) is 100 Å². The van der Waals surface area contributed by atoms with Gasteiger partial charge in [0.1, 0.15) is 5.56 Å². The van der Waals surface area contributed by atoms with Crippen molar-refractivity contribution in [2.45, 2.75) is 24.9 Å². The molecule has 0 aromatic carbocycles. The molecule has 1 aliphatic carbocycles. The summed E-state index contributed by atoms with van der Waals surface area (Å²) < 4.78 is 1.59. The predicted octanol–water partition coefficient (Wildman–Crippen LogP) is 0.993. The Kier molecular flexibility index (Phi) is 2.86. The molecule has 0 aliphatic heterocycles. The van der Waals surface area contributed by atoms with E-state index in [-0.39, 0.29) is 5.56 Å². The molecule has 3 N–H and O–H groups in total. The van der Waals surface area contributed by atoms with Crippen LogP contribution in [0.15, 0.2) is 12.4 Å². The Bertz CT molecular complexity index is 676. The van der Waals surface area contributed by atoms with Crippen LogP contribution in [-0.4, -0.2) is 43.1 Å². The number of anilines is 1. The molecule has 0 radical (unpaired) electrons. The highest BCUT2D eigenvalue weighted by molar-refractivity contribution is 6.03. The summed E-state index contributed by atoms with van der Waals surface area (Å²) in [5.74, 6) is -1.05. The van der Waals surface area contributed by atoms with Crippen LogP contribution in [-0.2, 0) is 7.05 Å². The SMILES string of the molecule is Cn1ncc2c(NCC3(O)CCC3)c(C(=O)O)cnc21. The number of aromatic nitrogens is 3. The molecular formula is C13H16N4O3. The number of fused-ring (bicyclic) bond motifs is 1. The molecular weight excluding hydrogens is 260 g/mol. The number of hydrogen-bond acceptors (Lipinski definition) is 5. The molecule has 0 unspecified atom stereocenters. The van der Waals surface area contributed by atoms with Crippen LogP contribution in [0.25, 0.3) is 11.0 Å². The number of nitrogens with one attached hydrogen (secondary N) is 1. The van der Waals surface area contributed by atoms with Gasteiger partial charge in [-0.2, -0.15) is 5.10 Å². The van der Waals surface area contributed by atoms with Crippen molar-refractivity contribution in [3.8, 4) is 0 Å². The van der Waals surface area contributed by atoms with Crippen LogP contribution >= 0.6 is 0 Å². The summed E-state index contributed by atoms with van der Waals surface area (Å²) in [7, 11) is 1.75. The van der Waals surface area contributed by atoms with Gasteiger partial charge in [-0.05, 0) is 19.3 Å². The van der Waals surface area contributed by atoms with Crippen LogP contribution in [0.3, 0.4) is 0 Å². The third-order valence-electron chi connectivity index (χ3n) is 3.87. The van der Waals surface area contributed by atoms with Crippen LogP contribution in [0.5, 0.6) is 0 Å². The van der Waals surface area contributed by atoms with Crippen LogP contribution in [0, 0.1) is 0 Å². The number of carboxylic acid groups (broad SMARTS) is 1. The number of aryl methyl sites for hydroxylation is 1. The maximum absolute atomic E-state index is 11.3. The minimum Gasteiger partial charge on any atom is -0.478 e. The van der Waals surface area contributed by atoms with Gasteiger partial charge in [-0.15, -0.1) is 0 Å². The van der Waals surface area contributed by atoms with Crippen molar-refractivity contribution in [1.82, 2.24) is 14.8 Å². The molecule has 0 saturated heterocycles. The van der Waals surface area contributed by atoms with E-state index in [0.29, 0.717) is 23.3 Å². The lowest BCUT2D eigenvalue weighted by molar-refractivity contribution is -0.0202. The summed E-state index contributed by atoms with van der Waals surface area (Å²) in [5, 5.41) is 27.2. The molecule has 2 heterocycles. The summed E-state index contributed by atoms with van der Waals surface area (Å²) in [5.41, 5.74) is 0.440. The van der Waals surface area contributed by atoms with Gasteiger partial charge in [0.2, 0.25) is 0 Å². The minimum absolute atomic E-state index is 0.0911. The smallest absolute Gasteiger partial charge is 0.339 e. The van der Waals surface area contributed by atoms with Crippen molar-refractivity contribution in [2.75, 3.05) is 11.9 Å². The zero-order chi connectivity index (χ0) is 14.3. The monoisotopic (exact) mass is 276 g/mol. The average Bonchev–Trinajstić information content (AvgIpc) is 2.75. The first-order valence-corrected chi connectivity index (χ1v) is 6.50. The normalized spacial score (nSPS) is 16.9. The number of hydrogen-bond donors (Lipinski definition) is 3. The summed E-state index contributed by atoms with van der Waals surface area (Å²) >= 11 is 0. The molecule has 1 saturated carbocycles. The number of pyridine rings is 1. The molecule has 3 rings (SSSR count). The van der Waals surface area contributed by atoms with Gasteiger partial charge in [0.05, 0.1) is 22.9 Å². The number of nitrogens with zero attached hydrogens (tertiary/aromatic N) is 3. The van der Waals surface area contributed by atoms with E-state index >= 15 is 0 Å². The van der Waals surface area contributed by atoms with Gasteiger partial charge in [-0.25, -0.2) is 9.78 Å². The van der Waals surface area contributed by atoms with Crippen molar-refractivity contribution >= 4 is 22.7 Å². The van der Waals surface area contributed by atoms with Gasteiger partial charge < -0.3 is 15.5 Å². The van der Waals surface area contributed by atoms with Crippen molar-refractivity contribution < 1.29 is 15.0 Å². The fraction of sp³-hybridized carbons (Fsp3) is 0.462. The molecule has 106 valence electrons. The molecule has 2 aromatic rings. The summed E-state index contributed by atoms with van der Waals surface area (Å²) in [6.45, 7) is 0.335. The largest absolute Gasteiger partial charge is 0.478 e. The van der Waals surface area contributed by atoms with Crippen molar-refractivity contribution in [3.63, 3.8) is 0 Å². The second-order valence-corrected chi connectivity index (χ2v) is 5.29. The molecule has 1 aliphatic rings. The lowest BCUT2D eigenvalue weighted by atomic mass is 9.80. The van der Waals surface area contributed by atoms with Crippen LogP contribution in [0.4, 0.5) is 5.69 Å². The molecule has 7 heteroatoms. The van der Waals surface area contributed by atoms with E-state index in [9.17, 15) is 15.0 Å². The van der Waals surface area contributed by atoms with Crippen molar-refractivity contribution in [3.05, 3.63) is 18.0 Å². The van der Waals surface area contributed by atoms with Crippen molar-refractivity contribution in [1.29, 1.82) is 0 Å². The summed E-state index contributed by atoms with van der Waals surface area (Å²) in [6.07, 6.45) is 5.39. The molecule has 0 amide bonds. The maximum atomic E-state index is 11.3. The van der Waals surface area contributed by atoms with Crippen LogP contribution in [0.1, 0.15) is 29.6 Å². The van der Waals surface area contributed by atoms with Crippen molar-refractivity contribution in [2.24, 2.45) is 7.05 Å². The van der Waals surface area contributed by atoms with E-state index in [1.165, 1.54) is 6.20 Å². The minimum atomic E-state index is -1.05. The van der Waals surface area contributed by atoms with Gasteiger partial charge in [0.15, 0.2) is 5.65 Å². The van der Waals surface area contributed by atoms with Gasteiger partial charge in [-0.3, -0.25) is 4.68 Å². The molecule has 1 fully saturated rings. The first-order valence-electron chi connectivity index (χ1n) is 6.50. The Labute approximate surface area is 115 Å². The Morgan fingerprint density at radius 1 is 1.50 bits per heavy atom. The van der Waals surface area contributed by atoms with E-state index < -0.39 is 11.6 Å². The zero-order valence-electron chi connectivity index (χ0n) is 11.1.